The summed E-state index contributed by atoms with van der Waals surface area (Å²) in [6.45, 7) is 3.18. The number of hydrogen-bond acceptors (Lipinski definition) is 5. The number of nitrogens with one attached hydrogen (secondary N) is 1. The number of nitro benzene ring substituents is 1. The zero-order valence-corrected chi connectivity index (χ0v) is 11.8. The van der Waals surface area contributed by atoms with Crippen LogP contribution < -0.4 is 11.1 Å². The zero-order valence-electron chi connectivity index (χ0n) is 11.8. The van der Waals surface area contributed by atoms with Gasteiger partial charge in [-0.15, -0.1) is 0 Å². The first-order chi connectivity index (χ1) is 9.71. The second kappa shape index (κ2) is 6.21. The van der Waals surface area contributed by atoms with Gasteiger partial charge in [-0.1, -0.05) is 13.3 Å². The predicted octanol–water partition coefficient (Wildman–Crippen LogP) is 1.55. The van der Waals surface area contributed by atoms with Crippen LogP contribution in [-0.4, -0.2) is 27.4 Å². The average molecular weight is 295 g/mol. The number of carbonyl (C=O) groups excluding carboxylic acids is 1. The second-order valence-electron chi connectivity index (χ2n) is 4.87. The minimum Gasteiger partial charge on any atom is -0.480 e. The number of carboxylic acids is 1. The van der Waals surface area contributed by atoms with Crippen LogP contribution in [0.15, 0.2) is 18.2 Å². The Kier molecular flexibility index (Phi) is 4.85. The van der Waals surface area contributed by atoms with E-state index in [1.54, 1.807) is 6.92 Å². The highest BCUT2D eigenvalue weighted by Gasteiger charge is 2.34. The molecule has 8 nitrogen and oxygen atoms in total. The molecule has 0 saturated carbocycles. The van der Waals surface area contributed by atoms with Crippen molar-refractivity contribution in [2.45, 2.75) is 32.2 Å². The van der Waals surface area contributed by atoms with Gasteiger partial charge in [0.25, 0.3) is 11.6 Å². The van der Waals surface area contributed by atoms with Crippen LogP contribution in [-0.2, 0) is 4.79 Å². The SMILES string of the molecule is CCCC(C)(NC(=O)c1ccc(N)c([N+](=O)[O-])c1)C(=O)O. The van der Waals surface area contributed by atoms with Gasteiger partial charge in [-0.2, -0.15) is 0 Å². The number of nitro groups is 1. The minimum atomic E-state index is -1.43. The van der Waals surface area contributed by atoms with Crippen molar-refractivity contribution < 1.29 is 19.6 Å². The molecule has 1 aromatic carbocycles. The van der Waals surface area contributed by atoms with E-state index in [0.717, 1.165) is 6.07 Å². The van der Waals surface area contributed by atoms with Crippen molar-refractivity contribution in [3.63, 3.8) is 0 Å². The topological polar surface area (TPSA) is 136 Å². The summed E-state index contributed by atoms with van der Waals surface area (Å²) in [6.07, 6.45) is 0.802. The first kappa shape index (κ1) is 16.4. The first-order valence-electron chi connectivity index (χ1n) is 6.31. The van der Waals surface area contributed by atoms with Crippen molar-refractivity contribution >= 4 is 23.3 Å². The summed E-state index contributed by atoms with van der Waals surface area (Å²) in [5.41, 5.74) is 3.55. The Morgan fingerprint density at radius 2 is 2.10 bits per heavy atom. The highest BCUT2D eigenvalue weighted by Crippen LogP contribution is 2.23. The monoisotopic (exact) mass is 295 g/mol. The lowest BCUT2D eigenvalue weighted by Gasteiger charge is -2.25. The van der Waals surface area contributed by atoms with E-state index in [1.807, 2.05) is 0 Å². The standard InChI is InChI=1S/C13H17N3O5/c1-3-6-13(2,12(18)19)15-11(17)8-4-5-9(14)10(7-8)16(20)21/h4-5,7H,3,6,14H2,1-2H3,(H,15,17)(H,18,19). The maximum absolute atomic E-state index is 12.1. The lowest BCUT2D eigenvalue weighted by molar-refractivity contribution is -0.383. The molecule has 0 spiro atoms. The van der Waals surface area contributed by atoms with Crippen molar-refractivity contribution in [2.24, 2.45) is 0 Å². The van der Waals surface area contributed by atoms with Crippen LogP contribution in [0.3, 0.4) is 0 Å². The number of amides is 1. The molecule has 0 aliphatic rings. The van der Waals surface area contributed by atoms with E-state index in [2.05, 4.69) is 5.32 Å². The van der Waals surface area contributed by atoms with Gasteiger partial charge >= 0.3 is 5.97 Å². The molecule has 0 saturated heterocycles. The van der Waals surface area contributed by atoms with Crippen LogP contribution >= 0.6 is 0 Å². The second-order valence-corrected chi connectivity index (χ2v) is 4.87. The molecule has 0 fully saturated rings. The normalized spacial score (nSPS) is 13.2. The van der Waals surface area contributed by atoms with Gasteiger partial charge < -0.3 is 16.2 Å². The van der Waals surface area contributed by atoms with E-state index in [1.165, 1.54) is 19.1 Å². The van der Waals surface area contributed by atoms with Crippen molar-refractivity contribution in [1.82, 2.24) is 5.32 Å². The number of rotatable bonds is 6. The van der Waals surface area contributed by atoms with Crippen LogP contribution in [0.25, 0.3) is 0 Å². The molecule has 0 aliphatic heterocycles. The van der Waals surface area contributed by atoms with Crippen molar-refractivity contribution in [3.8, 4) is 0 Å². The number of nitrogen functional groups attached to an aromatic ring is 1. The van der Waals surface area contributed by atoms with Crippen LogP contribution in [0.4, 0.5) is 11.4 Å². The molecule has 4 N–H and O–H groups in total. The summed E-state index contributed by atoms with van der Waals surface area (Å²) >= 11 is 0. The van der Waals surface area contributed by atoms with Gasteiger partial charge in [0.15, 0.2) is 0 Å². The summed E-state index contributed by atoms with van der Waals surface area (Å²) in [5, 5.41) is 22.4. The summed E-state index contributed by atoms with van der Waals surface area (Å²) in [6, 6.07) is 3.58. The van der Waals surface area contributed by atoms with E-state index < -0.39 is 28.0 Å². The van der Waals surface area contributed by atoms with Gasteiger partial charge in [-0.25, -0.2) is 4.79 Å². The zero-order chi connectivity index (χ0) is 16.2. The molecule has 1 unspecified atom stereocenters. The van der Waals surface area contributed by atoms with Crippen LogP contribution in [0.1, 0.15) is 37.0 Å². The van der Waals surface area contributed by atoms with Gasteiger partial charge in [-0.3, -0.25) is 14.9 Å². The maximum atomic E-state index is 12.1. The van der Waals surface area contributed by atoms with Crippen LogP contribution in [0, 0.1) is 10.1 Å². The molecule has 8 heteroatoms. The summed E-state index contributed by atoms with van der Waals surface area (Å²) in [7, 11) is 0. The lowest BCUT2D eigenvalue weighted by Crippen LogP contribution is -2.52. The van der Waals surface area contributed by atoms with Gasteiger partial charge in [0.05, 0.1) is 4.92 Å². The Labute approximate surface area is 121 Å². The maximum Gasteiger partial charge on any atom is 0.329 e. The number of nitrogens with two attached hydrogens (primary N) is 1. The Hall–Kier alpha value is -2.64. The number of benzene rings is 1. The Bertz CT molecular complexity index is 587. The van der Waals surface area contributed by atoms with E-state index >= 15 is 0 Å². The van der Waals surface area contributed by atoms with E-state index in [-0.39, 0.29) is 17.7 Å². The summed E-state index contributed by atoms with van der Waals surface area (Å²) in [5.74, 6) is -1.86. The summed E-state index contributed by atoms with van der Waals surface area (Å²) in [4.78, 5) is 33.4. The van der Waals surface area contributed by atoms with Gasteiger partial charge in [0, 0.05) is 11.6 Å². The fourth-order valence-electron chi connectivity index (χ4n) is 1.89. The third-order valence-corrected chi connectivity index (χ3v) is 3.10. The fraction of sp³-hybridized carbons (Fsp3) is 0.385. The van der Waals surface area contributed by atoms with Crippen molar-refractivity contribution in [2.75, 3.05) is 5.73 Å². The molecule has 0 radical (unpaired) electrons. The molecule has 1 atom stereocenters. The number of carboxylic acid groups (broad SMARTS) is 1. The van der Waals surface area contributed by atoms with E-state index in [4.69, 9.17) is 5.73 Å². The highest BCUT2D eigenvalue weighted by molar-refractivity contribution is 5.98. The molecule has 1 aromatic rings. The molecular weight excluding hydrogens is 278 g/mol. The largest absolute Gasteiger partial charge is 0.480 e. The molecular formula is C13H17N3O5. The number of carbonyl (C=O) groups is 2. The molecule has 0 aromatic heterocycles. The number of anilines is 1. The molecule has 0 aliphatic carbocycles. The van der Waals surface area contributed by atoms with Crippen LogP contribution in [0.2, 0.25) is 0 Å². The number of aliphatic carboxylic acids is 1. The van der Waals surface area contributed by atoms with Gasteiger partial charge in [0.1, 0.15) is 11.2 Å². The van der Waals surface area contributed by atoms with E-state index in [0.29, 0.717) is 6.42 Å². The summed E-state index contributed by atoms with van der Waals surface area (Å²) < 4.78 is 0. The van der Waals surface area contributed by atoms with Crippen molar-refractivity contribution in [1.29, 1.82) is 0 Å². The molecule has 114 valence electrons. The highest BCUT2D eigenvalue weighted by atomic mass is 16.6. The van der Waals surface area contributed by atoms with E-state index in [9.17, 15) is 24.8 Å². The average Bonchev–Trinajstić information content (AvgIpc) is 2.38. The molecule has 0 heterocycles. The molecule has 0 bridgehead atoms. The smallest absolute Gasteiger partial charge is 0.329 e. The molecule has 1 rings (SSSR count). The van der Waals surface area contributed by atoms with Crippen molar-refractivity contribution in [3.05, 3.63) is 33.9 Å². The molecule has 21 heavy (non-hydrogen) atoms. The third-order valence-electron chi connectivity index (χ3n) is 3.10. The minimum absolute atomic E-state index is 0.0144. The Morgan fingerprint density at radius 3 is 2.57 bits per heavy atom. The molecule has 1 amide bonds. The quantitative estimate of drug-likeness (QED) is 0.414. The van der Waals surface area contributed by atoms with Gasteiger partial charge in [-0.05, 0) is 25.5 Å². The first-order valence-corrected chi connectivity index (χ1v) is 6.31. The predicted molar refractivity (Wildman–Crippen MR) is 75.9 cm³/mol. The Morgan fingerprint density at radius 1 is 1.48 bits per heavy atom. The third kappa shape index (κ3) is 3.68. The number of nitrogens with zero attached hydrogens (tertiary/aromatic N) is 1. The lowest BCUT2D eigenvalue weighted by atomic mass is 9.95. The fourth-order valence-corrected chi connectivity index (χ4v) is 1.89. The van der Waals surface area contributed by atoms with Gasteiger partial charge in [0.2, 0.25) is 0 Å². The Balaban J connectivity index is 3.06. The van der Waals surface area contributed by atoms with Crippen LogP contribution in [0.5, 0.6) is 0 Å². The number of hydrogen-bond donors (Lipinski definition) is 3.